The van der Waals surface area contributed by atoms with Gasteiger partial charge in [-0.05, 0) is 13.0 Å². The SMILES string of the molecule is CC(=O)c1cc(Cl)c2cncn2c1N1CCS(=O)(=O)CC1. The monoisotopic (exact) mass is 327 g/mol. The Balaban J connectivity index is 2.16. The number of hydrogen-bond acceptors (Lipinski definition) is 5. The first-order chi connectivity index (χ1) is 9.89. The number of carbonyl (C=O) groups excluding carboxylic acids is 1. The van der Waals surface area contributed by atoms with E-state index in [0.717, 1.165) is 0 Å². The third-order valence-electron chi connectivity index (χ3n) is 3.65. The van der Waals surface area contributed by atoms with Gasteiger partial charge in [-0.25, -0.2) is 13.4 Å². The van der Waals surface area contributed by atoms with Gasteiger partial charge in [0.15, 0.2) is 15.6 Å². The molecule has 1 aliphatic heterocycles. The second-order valence-corrected chi connectivity index (χ2v) is 7.78. The van der Waals surface area contributed by atoms with E-state index in [1.54, 1.807) is 23.0 Å². The first-order valence-electron chi connectivity index (χ1n) is 6.50. The van der Waals surface area contributed by atoms with Gasteiger partial charge in [-0.1, -0.05) is 11.6 Å². The number of nitrogens with zero attached hydrogens (tertiary/aromatic N) is 3. The minimum Gasteiger partial charge on any atom is -0.355 e. The Hall–Kier alpha value is -1.60. The molecular formula is C13H14ClN3O3S. The fourth-order valence-electron chi connectivity index (χ4n) is 2.54. The summed E-state index contributed by atoms with van der Waals surface area (Å²) in [5.74, 6) is 0.719. The molecule has 3 heterocycles. The van der Waals surface area contributed by atoms with Crippen LogP contribution in [0.4, 0.5) is 5.82 Å². The normalized spacial score (nSPS) is 18.1. The molecule has 0 spiro atoms. The van der Waals surface area contributed by atoms with E-state index in [-0.39, 0.29) is 17.3 Å². The van der Waals surface area contributed by atoms with E-state index in [1.165, 1.54) is 6.92 Å². The van der Waals surface area contributed by atoms with Crippen molar-refractivity contribution < 1.29 is 13.2 Å². The number of sulfone groups is 1. The molecule has 0 aromatic carbocycles. The molecule has 112 valence electrons. The molecule has 8 heteroatoms. The largest absolute Gasteiger partial charge is 0.355 e. The second-order valence-electron chi connectivity index (χ2n) is 5.07. The van der Waals surface area contributed by atoms with Gasteiger partial charge < -0.3 is 4.90 Å². The van der Waals surface area contributed by atoms with Crippen molar-refractivity contribution in [3.8, 4) is 0 Å². The molecule has 0 bridgehead atoms. The average Bonchev–Trinajstić information content (AvgIpc) is 2.89. The molecule has 0 aliphatic carbocycles. The molecular weight excluding hydrogens is 314 g/mol. The highest BCUT2D eigenvalue weighted by Gasteiger charge is 2.26. The van der Waals surface area contributed by atoms with Crippen molar-refractivity contribution in [1.82, 2.24) is 9.38 Å². The minimum absolute atomic E-state index is 0.0865. The van der Waals surface area contributed by atoms with Gasteiger partial charge in [-0.15, -0.1) is 0 Å². The summed E-state index contributed by atoms with van der Waals surface area (Å²) in [6.07, 6.45) is 3.21. The fraction of sp³-hybridized carbons (Fsp3) is 0.385. The third kappa shape index (κ3) is 2.51. The fourth-order valence-corrected chi connectivity index (χ4v) is 3.99. The maximum absolute atomic E-state index is 11.9. The molecule has 3 rings (SSSR count). The third-order valence-corrected chi connectivity index (χ3v) is 5.56. The van der Waals surface area contributed by atoms with Gasteiger partial charge in [0.05, 0.1) is 33.8 Å². The van der Waals surface area contributed by atoms with Crippen LogP contribution in [0, 0.1) is 0 Å². The number of aromatic nitrogens is 2. The number of imidazole rings is 1. The molecule has 0 atom stereocenters. The zero-order valence-electron chi connectivity index (χ0n) is 11.4. The van der Waals surface area contributed by atoms with Gasteiger partial charge in [0.25, 0.3) is 0 Å². The van der Waals surface area contributed by atoms with Crippen molar-refractivity contribution in [3.05, 3.63) is 29.2 Å². The summed E-state index contributed by atoms with van der Waals surface area (Å²) in [5, 5.41) is 0.450. The molecule has 21 heavy (non-hydrogen) atoms. The smallest absolute Gasteiger partial charge is 0.163 e. The molecule has 2 aromatic rings. The summed E-state index contributed by atoms with van der Waals surface area (Å²) in [6, 6.07) is 1.62. The number of ketones is 1. The van der Waals surface area contributed by atoms with E-state index in [9.17, 15) is 13.2 Å². The maximum Gasteiger partial charge on any atom is 0.163 e. The lowest BCUT2D eigenvalue weighted by Gasteiger charge is -2.30. The molecule has 2 aromatic heterocycles. The van der Waals surface area contributed by atoms with E-state index >= 15 is 0 Å². The van der Waals surface area contributed by atoms with Crippen LogP contribution in [-0.4, -0.2) is 48.2 Å². The van der Waals surface area contributed by atoms with Gasteiger partial charge in [0, 0.05) is 13.1 Å². The lowest BCUT2D eigenvalue weighted by Crippen LogP contribution is -2.41. The number of halogens is 1. The summed E-state index contributed by atoms with van der Waals surface area (Å²) >= 11 is 6.18. The Kier molecular flexibility index (Phi) is 3.41. The molecule has 0 radical (unpaired) electrons. The van der Waals surface area contributed by atoms with Crippen molar-refractivity contribution in [2.24, 2.45) is 0 Å². The predicted octanol–water partition coefficient (Wildman–Crippen LogP) is 1.43. The van der Waals surface area contributed by atoms with Crippen molar-refractivity contribution in [1.29, 1.82) is 0 Å². The molecule has 0 saturated carbocycles. The van der Waals surface area contributed by atoms with E-state index in [0.29, 0.717) is 35.0 Å². The van der Waals surface area contributed by atoms with Crippen LogP contribution in [0.25, 0.3) is 5.52 Å². The molecule has 0 unspecified atom stereocenters. The quantitative estimate of drug-likeness (QED) is 0.780. The Morgan fingerprint density at radius 1 is 1.33 bits per heavy atom. The van der Waals surface area contributed by atoms with E-state index in [2.05, 4.69) is 4.98 Å². The lowest BCUT2D eigenvalue weighted by molar-refractivity contribution is 0.101. The van der Waals surface area contributed by atoms with Crippen LogP contribution in [0.5, 0.6) is 0 Å². The summed E-state index contributed by atoms with van der Waals surface area (Å²) in [4.78, 5) is 17.9. The number of hydrogen-bond donors (Lipinski definition) is 0. The van der Waals surface area contributed by atoms with Crippen molar-refractivity contribution in [2.45, 2.75) is 6.92 Å². The first kappa shape index (κ1) is 14.3. The van der Waals surface area contributed by atoms with Gasteiger partial charge in [0.1, 0.15) is 12.1 Å². The first-order valence-corrected chi connectivity index (χ1v) is 8.70. The number of carbonyl (C=O) groups is 1. The number of rotatable bonds is 2. The van der Waals surface area contributed by atoms with Crippen LogP contribution in [0.3, 0.4) is 0 Å². The summed E-state index contributed by atoms with van der Waals surface area (Å²) in [7, 11) is -2.98. The Morgan fingerprint density at radius 3 is 2.62 bits per heavy atom. The van der Waals surface area contributed by atoms with Crippen LogP contribution in [0.2, 0.25) is 5.02 Å². The second kappa shape index (κ2) is 4.99. The lowest BCUT2D eigenvalue weighted by atomic mass is 10.1. The Labute approximate surface area is 127 Å². The van der Waals surface area contributed by atoms with Crippen LogP contribution in [-0.2, 0) is 9.84 Å². The van der Waals surface area contributed by atoms with Crippen LogP contribution >= 0.6 is 11.6 Å². The topological polar surface area (TPSA) is 71.8 Å². The van der Waals surface area contributed by atoms with Gasteiger partial charge >= 0.3 is 0 Å². The summed E-state index contributed by atoms with van der Waals surface area (Å²) in [6.45, 7) is 2.19. The standard InChI is InChI=1S/C13H14ClN3O3S/c1-9(18)10-6-11(14)12-7-15-8-17(12)13(10)16-2-4-21(19,20)5-3-16/h6-8H,2-5H2,1H3. The van der Waals surface area contributed by atoms with E-state index < -0.39 is 9.84 Å². The number of anilines is 1. The highest BCUT2D eigenvalue weighted by Crippen LogP contribution is 2.30. The van der Waals surface area contributed by atoms with Crippen molar-refractivity contribution in [2.75, 3.05) is 29.5 Å². The molecule has 1 aliphatic rings. The highest BCUT2D eigenvalue weighted by molar-refractivity contribution is 7.91. The van der Waals surface area contributed by atoms with Crippen molar-refractivity contribution >= 4 is 38.6 Å². The molecule has 1 fully saturated rings. The highest BCUT2D eigenvalue weighted by atomic mass is 35.5. The van der Waals surface area contributed by atoms with Crippen LogP contribution in [0.15, 0.2) is 18.6 Å². The molecule has 0 amide bonds. The maximum atomic E-state index is 11.9. The van der Waals surface area contributed by atoms with Crippen molar-refractivity contribution in [3.63, 3.8) is 0 Å². The number of pyridine rings is 1. The summed E-state index contributed by atoms with van der Waals surface area (Å²) < 4.78 is 24.9. The van der Waals surface area contributed by atoms with Crippen LogP contribution in [0.1, 0.15) is 17.3 Å². The minimum atomic E-state index is -2.98. The Morgan fingerprint density at radius 2 is 2.00 bits per heavy atom. The number of fused-ring (bicyclic) bond motifs is 1. The molecule has 6 nitrogen and oxygen atoms in total. The molecule has 1 saturated heterocycles. The number of Topliss-reactive ketones (excluding diaryl/α,β-unsaturated/α-hetero) is 1. The molecule has 0 N–H and O–H groups in total. The van der Waals surface area contributed by atoms with Gasteiger partial charge in [-0.2, -0.15) is 0 Å². The Bertz CT molecular complexity index is 815. The predicted molar refractivity (Wildman–Crippen MR) is 81.1 cm³/mol. The zero-order chi connectivity index (χ0) is 15.2. The van der Waals surface area contributed by atoms with Crippen LogP contribution < -0.4 is 4.90 Å². The van der Waals surface area contributed by atoms with E-state index in [1.807, 2.05) is 4.90 Å². The summed E-state index contributed by atoms with van der Waals surface area (Å²) in [5.41, 5.74) is 1.18. The zero-order valence-corrected chi connectivity index (χ0v) is 13.0. The van der Waals surface area contributed by atoms with Gasteiger partial charge in [-0.3, -0.25) is 9.20 Å². The average molecular weight is 328 g/mol. The van der Waals surface area contributed by atoms with Gasteiger partial charge in [0.2, 0.25) is 0 Å². The van der Waals surface area contributed by atoms with E-state index in [4.69, 9.17) is 11.6 Å².